The third kappa shape index (κ3) is 4.85. The molecule has 0 aliphatic heterocycles. The summed E-state index contributed by atoms with van der Waals surface area (Å²) >= 11 is 0. The van der Waals surface area contributed by atoms with Gasteiger partial charge in [0.2, 0.25) is 5.91 Å². The van der Waals surface area contributed by atoms with Crippen LogP contribution in [-0.2, 0) is 9.53 Å². The van der Waals surface area contributed by atoms with Crippen molar-refractivity contribution in [3.8, 4) is 0 Å². The molecule has 0 bridgehead atoms. The van der Waals surface area contributed by atoms with Gasteiger partial charge in [-0.15, -0.1) is 0 Å². The number of hydrogen-bond donors (Lipinski definition) is 2. The van der Waals surface area contributed by atoms with Gasteiger partial charge in [-0.2, -0.15) is 0 Å². The van der Waals surface area contributed by atoms with E-state index in [-0.39, 0.29) is 11.9 Å². The first kappa shape index (κ1) is 12.4. The zero-order chi connectivity index (χ0) is 10.5. The van der Waals surface area contributed by atoms with Crippen LogP contribution in [0.4, 0.5) is 0 Å². The van der Waals surface area contributed by atoms with Gasteiger partial charge in [0.15, 0.2) is 0 Å². The van der Waals surface area contributed by atoms with Gasteiger partial charge in [0.05, 0.1) is 18.2 Å². The van der Waals surface area contributed by atoms with E-state index >= 15 is 0 Å². The lowest BCUT2D eigenvalue weighted by molar-refractivity contribution is -0.126. The van der Waals surface area contributed by atoms with Crippen molar-refractivity contribution in [3.05, 3.63) is 0 Å². The summed E-state index contributed by atoms with van der Waals surface area (Å²) in [6.45, 7) is 5.88. The van der Waals surface area contributed by atoms with E-state index in [1.54, 1.807) is 21.0 Å². The van der Waals surface area contributed by atoms with Crippen LogP contribution in [0, 0.1) is 0 Å². The molecule has 0 rings (SSSR count). The number of carbonyl (C=O) groups is 1. The van der Waals surface area contributed by atoms with E-state index in [0.717, 1.165) is 6.42 Å². The summed E-state index contributed by atoms with van der Waals surface area (Å²) < 4.78 is 4.95. The van der Waals surface area contributed by atoms with E-state index in [2.05, 4.69) is 5.32 Å². The lowest BCUT2D eigenvalue weighted by Crippen LogP contribution is -2.52. The molecule has 0 aromatic carbocycles. The lowest BCUT2D eigenvalue weighted by atomic mass is 10.1. The maximum absolute atomic E-state index is 11.4. The minimum Gasteiger partial charge on any atom is -0.383 e. The first-order chi connectivity index (χ1) is 5.91. The van der Waals surface area contributed by atoms with Gasteiger partial charge in [-0.1, -0.05) is 6.92 Å². The molecule has 0 radical (unpaired) electrons. The van der Waals surface area contributed by atoms with Gasteiger partial charge in [-0.3, -0.25) is 4.79 Å². The summed E-state index contributed by atoms with van der Waals surface area (Å²) in [4.78, 5) is 11.4. The second-order valence-corrected chi connectivity index (χ2v) is 3.76. The maximum atomic E-state index is 11.4. The predicted octanol–water partition coefficient (Wildman–Crippen LogP) is 0.265. The van der Waals surface area contributed by atoms with E-state index < -0.39 is 5.54 Å². The van der Waals surface area contributed by atoms with Gasteiger partial charge in [0.1, 0.15) is 0 Å². The van der Waals surface area contributed by atoms with Crippen LogP contribution in [0.3, 0.4) is 0 Å². The standard InChI is InChI=1S/C9H20N2O2/c1-5-7(6-13-4)11-8(12)9(2,3)10/h7H,5-6,10H2,1-4H3,(H,11,12). The zero-order valence-electron chi connectivity index (χ0n) is 8.89. The molecule has 4 nitrogen and oxygen atoms in total. The summed E-state index contributed by atoms with van der Waals surface area (Å²) in [7, 11) is 1.61. The molecule has 0 spiro atoms. The van der Waals surface area contributed by atoms with Crippen LogP contribution >= 0.6 is 0 Å². The molecule has 0 aliphatic carbocycles. The molecule has 13 heavy (non-hydrogen) atoms. The largest absolute Gasteiger partial charge is 0.383 e. The van der Waals surface area contributed by atoms with Gasteiger partial charge in [0.25, 0.3) is 0 Å². The van der Waals surface area contributed by atoms with Crippen LogP contribution in [-0.4, -0.2) is 31.2 Å². The van der Waals surface area contributed by atoms with Crippen molar-refractivity contribution in [1.82, 2.24) is 5.32 Å². The average molecular weight is 188 g/mol. The smallest absolute Gasteiger partial charge is 0.239 e. The van der Waals surface area contributed by atoms with Crippen molar-refractivity contribution in [2.75, 3.05) is 13.7 Å². The first-order valence-electron chi connectivity index (χ1n) is 4.50. The molecular formula is C9H20N2O2. The molecule has 0 saturated carbocycles. The van der Waals surface area contributed by atoms with Crippen molar-refractivity contribution in [1.29, 1.82) is 0 Å². The molecule has 1 amide bonds. The Labute approximate surface area is 79.8 Å². The molecule has 78 valence electrons. The Balaban J connectivity index is 4.01. The summed E-state index contributed by atoms with van der Waals surface area (Å²) in [5, 5.41) is 2.82. The number of nitrogens with two attached hydrogens (primary N) is 1. The normalized spacial score (nSPS) is 13.9. The van der Waals surface area contributed by atoms with Crippen molar-refractivity contribution in [2.24, 2.45) is 5.73 Å². The van der Waals surface area contributed by atoms with Crippen LogP contribution in [0.15, 0.2) is 0 Å². The van der Waals surface area contributed by atoms with E-state index in [4.69, 9.17) is 10.5 Å². The van der Waals surface area contributed by atoms with Crippen LogP contribution in [0.5, 0.6) is 0 Å². The maximum Gasteiger partial charge on any atom is 0.239 e. The van der Waals surface area contributed by atoms with E-state index in [0.29, 0.717) is 6.61 Å². The van der Waals surface area contributed by atoms with Crippen LogP contribution < -0.4 is 11.1 Å². The summed E-state index contributed by atoms with van der Waals surface area (Å²) in [6.07, 6.45) is 0.843. The molecule has 3 N–H and O–H groups in total. The van der Waals surface area contributed by atoms with E-state index in [9.17, 15) is 4.79 Å². The Morgan fingerprint density at radius 1 is 1.62 bits per heavy atom. The second-order valence-electron chi connectivity index (χ2n) is 3.76. The molecule has 0 fully saturated rings. The fraction of sp³-hybridized carbons (Fsp3) is 0.889. The van der Waals surface area contributed by atoms with Crippen molar-refractivity contribution in [3.63, 3.8) is 0 Å². The zero-order valence-corrected chi connectivity index (χ0v) is 8.89. The number of nitrogens with one attached hydrogen (secondary N) is 1. The number of hydrogen-bond acceptors (Lipinski definition) is 3. The van der Waals surface area contributed by atoms with Gasteiger partial charge in [-0.25, -0.2) is 0 Å². The third-order valence-corrected chi connectivity index (χ3v) is 1.78. The van der Waals surface area contributed by atoms with Crippen molar-refractivity contribution >= 4 is 5.91 Å². The molecular weight excluding hydrogens is 168 g/mol. The van der Waals surface area contributed by atoms with E-state index in [1.165, 1.54) is 0 Å². The Bertz CT molecular complexity index is 163. The fourth-order valence-corrected chi connectivity index (χ4v) is 0.834. The number of rotatable bonds is 5. The summed E-state index contributed by atoms with van der Waals surface area (Å²) in [5.74, 6) is -0.142. The Morgan fingerprint density at radius 3 is 2.46 bits per heavy atom. The van der Waals surface area contributed by atoms with Crippen LogP contribution in [0.1, 0.15) is 27.2 Å². The number of carbonyl (C=O) groups excluding carboxylic acids is 1. The molecule has 0 heterocycles. The number of methoxy groups -OCH3 is 1. The molecule has 0 saturated heterocycles. The second kappa shape index (κ2) is 5.19. The Kier molecular flexibility index (Phi) is 4.95. The molecule has 4 heteroatoms. The molecule has 1 atom stereocenters. The predicted molar refractivity (Wildman–Crippen MR) is 52.4 cm³/mol. The highest BCUT2D eigenvalue weighted by molar-refractivity contribution is 5.85. The third-order valence-electron chi connectivity index (χ3n) is 1.78. The highest BCUT2D eigenvalue weighted by Gasteiger charge is 2.23. The van der Waals surface area contributed by atoms with E-state index in [1.807, 2.05) is 6.92 Å². The van der Waals surface area contributed by atoms with Crippen molar-refractivity contribution < 1.29 is 9.53 Å². The van der Waals surface area contributed by atoms with Crippen LogP contribution in [0.25, 0.3) is 0 Å². The lowest BCUT2D eigenvalue weighted by Gasteiger charge is -2.22. The van der Waals surface area contributed by atoms with Gasteiger partial charge in [0, 0.05) is 7.11 Å². The summed E-state index contributed by atoms with van der Waals surface area (Å²) in [6, 6.07) is 0.0559. The Morgan fingerprint density at radius 2 is 2.15 bits per heavy atom. The average Bonchev–Trinajstić information content (AvgIpc) is 2.01. The highest BCUT2D eigenvalue weighted by Crippen LogP contribution is 1.99. The van der Waals surface area contributed by atoms with Gasteiger partial charge < -0.3 is 15.8 Å². The molecule has 0 aromatic heterocycles. The minimum atomic E-state index is -0.818. The first-order valence-corrected chi connectivity index (χ1v) is 4.50. The molecule has 0 aromatic rings. The minimum absolute atomic E-state index is 0.0559. The summed E-state index contributed by atoms with van der Waals surface area (Å²) in [5.41, 5.74) is 4.81. The van der Waals surface area contributed by atoms with Gasteiger partial charge >= 0.3 is 0 Å². The molecule has 0 aliphatic rings. The van der Waals surface area contributed by atoms with Crippen LogP contribution in [0.2, 0.25) is 0 Å². The van der Waals surface area contributed by atoms with Gasteiger partial charge in [-0.05, 0) is 20.3 Å². The number of amides is 1. The Hall–Kier alpha value is -0.610. The fourth-order valence-electron chi connectivity index (χ4n) is 0.834. The number of ether oxygens (including phenoxy) is 1. The quantitative estimate of drug-likeness (QED) is 0.650. The van der Waals surface area contributed by atoms with Crippen molar-refractivity contribution in [2.45, 2.75) is 38.8 Å². The monoisotopic (exact) mass is 188 g/mol. The molecule has 1 unspecified atom stereocenters. The topological polar surface area (TPSA) is 64.3 Å². The highest BCUT2D eigenvalue weighted by atomic mass is 16.5. The SMILES string of the molecule is CCC(COC)NC(=O)C(C)(C)N.